The normalized spacial score (nSPS) is 17.3. The fourth-order valence-electron chi connectivity index (χ4n) is 0.962. The van der Waals surface area contributed by atoms with E-state index in [4.69, 9.17) is 18.0 Å². The van der Waals surface area contributed by atoms with Crippen molar-refractivity contribution < 1.29 is 0 Å². The molecular weight excluding hydrogens is 142 g/mol. The SMILES string of the molecule is NCCC1=CC=CCC1=S. The molecule has 0 heterocycles. The minimum atomic E-state index is 0.694. The summed E-state index contributed by atoms with van der Waals surface area (Å²) in [6.45, 7) is 0.694. The predicted molar refractivity (Wildman–Crippen MR) is 48.1 cm³/mol. The van der Waals surface area contributed by atoms with Crippen LogP contribution in [0.15, 0.2) is 23.8 Å². The van der Waals surface area contributed by atoms with Gasteiger partial charge in [0.1, 0.15) is 0 Å². The van der Waals surface area contributed by atoms with Crippen LogP contribution in [0, 0.1) is 0 Å². The van der Waals surface area contributed by atoms with Crippen LogP contribution < -0.4 is 5.73 Å². The molecule has 1 aliphatic rings. The Hall–Kier alpha value is -0.470. The molecule has 0 saturated carbocycles. The van der Waals surface area contributed by atoms with Crippen molar-refractivity contribution in [2.75, 3.05) is 6.54 Å². The Balaban J connectivity index is 2.61. The van der Waals surface area contributed by atoms with Crippen LogP contribution in [0.2, 0.25) is 0 Å². The average molecular weight is 153 g/mol. The van der Waals surface area contributed by atoms with Crippen molar-refractivity contribution >= 4 is 17.1 Å². The van der Waals surface area contributed by atoms with Crippen LogP contribution >= 0.6 is 12.2 Å². The van der Waals surface area contributed by atoms with Crippen molar-refractivity contribution in [3.8, 4) is 0 Å². The van der Waals surface area contributed by atoms with E-state index in [0.717, 1.165) is 17.7 Å². The third-order valence-electron chi connectivity index (χ3n) is 1.51. The Bertz CT molecular complexity index is 191. The summed E-state index contributed by atoms with van der Waals surface area (Å²) < 4.78 is 0. The van der Waals surface area contributed by atoms with Crippen LogP contribution in [0.3, 0.4) is 0 Å². The zero-order valence-electron chi connectivity index (χ0n) is 5.84. The molecule has 1 aliphatic carbocycles. The lowest BCUT2D eigenvalue weighted by molar-refractivity contribution is 0.981. The molecule has 0 aliphatic heterocycles. The molecule has 0 aromatic rings. The van der Waals surface area contributed by atoms with E-state index >= 15 is 0 Å². The smallest absolute Gasteiger partial charge is 0.0222 e. The molecule has 2 heteroatoms. The molecule has 10 heavy (non-hydrogen) atoms. The number of hydrogen-bond acceptors (Lipinski definition) is 2. The second-order valence-electron chi connectivity index (χ2n) is 2.29. The highest BCUT2D eigenvalue weighted by atomic mass is 32.1. The van der Waals surface area contributed by atoms with E-state index in [-0.39, 0.29) is 0 Å². The first kappa shape index (κ1) is 7.63. The van der Waals surface area contributed by atoms with E-state index in [2.05, 4.69) is 12.2 Å². The molecule has 0 atom stereocenters. The average Bonchev–Trinajstić information content (AvgIpc) is 1.94. The minimum absolute atomic E-state index is 0.694. The van der Waals surface area contributed by atoms with E-state index in [9.17, 15) is 0 Å². The van der Waals surface area contributed by atoms with Crippen LogP contribution in [0.4, 0.5) is 0 Å². The zero-order valence-corrected chi connectivity index (χ0v) is 6.66. The Kier molecular flexibility index (Phi) is 2.78. The quantitative estimate of drug-likeness (QED) is 0.610. The summed E-state index contributed by atoms with van der Waals surface area (Å²) in [6.07, 6.45) is 8.01. The molecule has 0 aromatic heterocycles. The molecule has 1 nitrogen and oxygen atoms in total. The number of hydrogen-bond donors (Lipinski definition) is 1. The summed E-state index contributed by atoms with van der Waals surface area (Å²) in [6, 6.07) is 0. The fraction of sp³-hybridized carbons (Fsp3) is 0.375. The van der Waals surface area contributed by atoms with Crippen molar-refractivity contribution in [1.82, 2.24) is 0 Å². The molecule has 0 amide bonds. The Morgan fingerprint density at radius 2 is 2.40 bits per heavy atom. The van der Waals surface area contributed by atoms with Gasteiger partial charge in [-0.15, -0.1) is 0 Å². The lowest BCUT2D eigenvalue weighted by atomic mass is 10.0. The number of allylic oxidation sites excluding steroid dienone is 3. The summed E-state index contributed by atoms with van der Waals surface area (Å²) in [7, 11) is 0. The number of thiocarbonyl (C=S) groups is 1. The van der Waals surface area contributed by atoms with Crippen LogP contribution in [0.1, 0.15) is 12.8 Å². The van der Waals surface area contributed by atoms with Gasteiger partial charge in [0.25, 0.3) is 0 Å². The molecular formula is C8H11NS. The molecule has 0 unspecified atom stereocenters. The second-order valence-corrected chi connectivity index (χ2v) is 2.78. The summed E-state index contributed by atoms with van der Waals surface area (Å²) in [5, 5.41) is 0. The minimum Gasteiger partial charge on any atom is -0.330 e. The maximum absolute atomic E-state index is 5.40. The summed E-state index contributed by atoms with van der Waals surface area (Å²) in [5.74, 6) is 0. The van der Waals surface area contributed by atoms with Gasteiger partial charge in [-0.1, -0.05) is 30.4 Å². The largest absolute Gasteiger partial charge is 0.330 e. The molecule has 2 N–H and O–H groups in total. The molecule has 0 saturated heterocycles. The van der Waals surface area contributed by atoms with Crippen molar-refractivity contribution in [3.05, 3.63) is 23.8 Å². The molecule has 0 bridgehead atoms. The van der Waals surface area contributed by atoms with Crippen LogP contribution in [-0.2, 0) is 0 Å². The standard InChI is InChI=1S/C8H11NS/c9-6-5-7-3-1-2-4-8(7)10/h1-3H,4-6,9H2. The van der Waals surface area contributed by atoms with Gasteiger partial charge in [-0.2, -0.15) is 0 Å². The molecule has 1 rings (SSSR count). The van der Waals surface area contributed by atoms with Gasteiger partial charge in [0.15, 0.2) is 0 Å². The molecule has 54 valence electrons. The van der Waals surface area contributed by atoms with Crippen molar-refractivity contribution in [2.45, 2.75) is 12.8 Å². The van der Waals surface area contributed by atoms with Gasteiger partial charge < -0.3 is 5.73 Å². The summed E-state index contributed by atoms with van der Waals surface area (Å²) in [5.41, 5.74) is 6.63. The predicted octanol–water partition coefficient (Wildman–Crippen LogP) is 1.59. The molecule has 0 spiro atoms. The summed E-state index contributed by atoms with van der Waals surface area (Å²) in [4.78, 5) is 1.05. The first-order valence-electron chi connectivity index (χ1n) is 3.43. The Labute approximate surface area is 66.6 Å². The van der Waals surface area contributed by atoms with Gasteiger partial charge in [-0.25, -0.2) is 0 Å². The van der Waals surface area contributed by atoms with Crippen LogP contribution in [0.25, 0.3) is 0 Å². The Morgan fingerprint density at radius 1 is 1.60 bits per heavy atom. The van der Waals surface area contributed by atoms with E-state index in [1.165, 1.54) is 5.57 Å². The van der Waals surface area contributed by atoms with E-state index in [1.807, 2.05) is 6.08 Å². The zero-order chi connectivity index (χ0) is 7.40. The first-order valence-corrected chi connectivity index (χ1v) is 3.84. The lowest BCUT2D eigenvalue weighted by Crippen LogP contribution is -2.07. The number of nitrogens with two attached hydrogens (primary N) is 1. The van der Waals surface area contributed by atoms with Crippen molar-refractivity contribution in [2.24, 2.45) is 5.73 Å². The molecule has 0 radical (unpaired) electrons. The lowest BCUT2D eigenvalue weighted by Gasteiger charge is -2.07. The van der Waals surface area contributed by atoms with Gasteiger partial charge in [0.05, 0.1) is 0 Å². The highest BCUT2D eigenvalue weighted by Gasteiger charge is 2.03. The van der Waals surface area contributed by atoms with Gasteiger partial charge in [0.2, 0.25) is 0 Å². The second kappa shape index (κ2) is 3.64. The van der Waals surface area contributed by atoms with E-state index in [0.29, 0.717) is 6.54 Å². The van der Waals surface area contributed by atoms with Crippen LogP contribution in [0.5, 0.6) is 0 Å². The summed E-state index contributed by atoms with van der Waals surface area (Å²) >= 11 is 5.12. The highest BCUT2D eigenvalue weighted by molar-refractivity contribution is 7.80. The monoisotopic (exact) mass is 153 g/mol. The van der Waals surface area contributed by atoms with Gasteiger partial charge in [0, 0.05) is 11.3 Å². The van der Waals surface area contributed by atoms with Crippen LogP contribution in [-0.4, -0.2) is 11.4 Å². The van der Waals surface area contributed by atoms with Crippen molar-refractivity contribution in [3.63, 3.8) is 0 Å². The highest BCUT2D eigenvalue weighted by Crippen LogP contribution is 2.12. The third-order valence-corrected chi connectivity index (χ3v) is 1.94. The molecule has 0 fully saturated rings. The maximum Gasteiger partial charge on any atom is 0.0222 e. The van der Waals surface area contributed by atoms with E-state index < -0.39 is 0 Å². The maximum atomic E-state index is 5.40. The Morgan fingerprint density at radius 3 is 3.00 bits per heavy atom. The van der Waals surface area contributed by atoms with Crippen molar-refractivity contribution in [1.29, 1.82) is 0 Å². The third kappa shape index (κ3) is 1.75. The first-order chi connectivity index (χ1) is 4.84. The van der Waals surface area contributed by atoms with Gasteiger partial charge in [-0.3, -0.25) is 0 Å². The topological polar surface area (TPSA) is 26.0 Å². The van der Waals surface area contributed by atoms with Gasteiger partial charge in [-0.05, 0) is 18.5 Å². The fourth-order valence-corrected chi connectivity index (χ4v) is 1.23. The number of rotatable bonds is 2. The van der Waals surface area contributed by atoms with E-state index in [1.54, 1.807) is 0 Å². The molecule has 0 aromatic carbocycles. The van der Waals surface area contributed by atoms with Gasteiger partial charge >= 0.3 is 0 Å².